The van der Waals surface area contributed by atoms with E-state index in [1.165, 1.54) is 36.2 Å². The van der Waals surface area contributed by atoms with Crippen LogP contribution in [0.1, 0.15) is 12.5 Å². The number of nitrogens with one attached hydrogen (secondary N) is 1. The van der Waals surface area contributed by atoms with Crippen LogP contribution in [0.5, 0.6) is 5.75 Å². The van der Waals surface area contributed by atoms with E-state index in [4.69, 9.17) is 16.3 Å². The van der Waals surface area contributed by atoms with E-state index in [0.29, 0.717) is 16.5 Å². The summed E-state index contributed by atoms with van der Waals surface area (Å²) in [5.74, 6) is -0.257. The normalized spacial score (nSPS) is 11.9. The van der Waals surface area contributed by atoms with Crippen LogP contribution in [-0.4, -0.2) is 51.9 Å². The molecule has 3 aromatic rings. The number of carbonyl (C=O) groups excluding carboxylic acids is 2. The maximum absolute atomic E-state index is 13.6. The fourth-order valence-corrected chi connectivity index (χ4v) is 5.12. The van der Waals surface area contributed by atoms with Gasteiger partial charge in [0, 0.05) is 18.6 Å². The molecule has 0 bridgehead atoms. The Hall–Kier alpha value is -3.56. The van der Waals surface area contributed by atoms with E-state index in [1.54, 1.807) is 68.6 Å². The molecule has 36 heavy (non-hydrogen) atoms. The first kappa shape index (κ1) is 27.0. The van der Waals surface area contributed by atoms with Crippen LogP contribution in [0.2, 0.25) is 5.02 Å². The number of halogens is 1. The Bertz CT molecular complexity index is 1280. The van der Waals surface area contributed by atoms with Crippen LogP contribution in [-0.2, 0) is 26.2 Å². The first-order valence-electron chi connectivity index (χ1n) is 11.1. The lowest BCUT2D eigenvalue weighted by Crippen LogP contribution is -2.50. The molecule has 0 saturated heterocycles. The molecule has 0 aliphatic rings. The lowest BCUT2D eigenvalue weighted by Gasteiger charge is -2.31. The van der Waals surface area contributed by atoms with Crippen molar-refractivity contribution in [2.75, 3.05) is 25.0 Å². The average Bonchev–Trinajstić information content (AvgIpc) is 2.90. The molecule has 0 heterocycles. The van der Waals surface area contributed by atoms with E-state index in [9.17, 15) is 18.0 Å². The summed E-state index contributed by atoms with van der Waals surface area (Å²) in [7, 11) is -1.09. The van der Waals surface area contributed by atoms with Gasteiger partial charge in [-0.15, -0.1) is 0 Å². The Morgan fingerprint density at radius 1 is 0.972 bits per heavy atom. The zero-order chi connectivity index (χ0) is 26.3. The third-order valence-electron chi connectivity index (χ3n) is 5.65. The summed E-state index contributed by atoms with van der Waals surface area (Å²) in [6.45, 7) is 1.19. The van der Waals surface area contributed by atoms with Gasteiger partial charge in [0.25, 0.3) is 10.0 Å². The monoisotopic (exact) mass is 529 g/mol. The van der Waals surface area contributed by atoms with Crippen LogP contribution in [0, 0.1) is 0 Å². The van der Waals surface area contributed by atoms with Crippen molar-refractivity contribution in [2.45, 2.75) is 24.4 Å². The highest BCUT2D eigenvalue weighted by Gasteiger charge is 2.32. The third-order valence-corrected chi connectivity index (χ3v) is 7.69. The van der Waals surface area contributed by atoms with Crippen molar-refractivity contribution in [3.63, 3.8) is 0 Å². The number of para-hydroxylation sites is 1. The second-order valence-electron chi connectivity index (χ2n) is 7.96. The molecule has 1 atom stereocenters. The molecule has 0 spiro atoms. The highest BCUT2D eigenvalue weighted by molar-refractivity contribution is 7.92. The van der Waals surface area contributed by atoms with E-state index in [-0.39, 0.29) is 17.3 Å². The van der Waals surface area contributed by atoms with E-state index in [1.807, 2.05) is 0 Å². The quantitative estimate of drug-likeness (QED) is 0.432. The second kappa shape index (κ2) is 11.9. The van der Waals surface area contributed by atoms with Gasteiger partial charge in [-0.3, -0.25) is 13.9 Å². The van der Waals surface area contributed by atoms with Gasteiger partial charge in [-0.1, -0.05) is 41.9 Å². The molecule has 0 saturated carbocycles. The fourth-order valence-electron chi connectivity index (χ4n) is 3.58. The van der Waals surface area contributed by atoms with Crippen LogP contribution in [0.3, 0.4) is 0 Å². The minimum atomic E-state index is -4.12. The largest absolute Gasteiger partial charge is 0.497 e. The number of hydrogen-bond donors (Lipinski definition) is 1. The molecular formula is C26H28ClN3O5S. The molecule has 0 aliphatic carbocycles. The summed E-state index contributed by atoms with van der Waals surface area (Å²) in [6.07, 6.45) is 0. The van der Waals surface area contributed by atoms with E-state index in [0.717, 1.165) is 9.87 Å². The van der Waals surface area contributed by atoms with Crippen molar-refractivity contribution in [3.8, 4) is 5.75 Å². The minimum absolute atomic E-state index is 0.00962. The molecule has 8 nitrogen and oxygen atoms in total. The highest BCUT2D eigenvalue weighted by atomic mass is 35.5. The molecule has 0 fully saturated rings. The SMILES string of the molecule is CNC(=O)[C@H](C)N(Cc1ccc(OC)cc1)C(=O)CN(c1ccccc1)S(=O)(=O)c1ccc(Cl)cc1. The third kappa shape index (κ3) is 6.35. The van der Waals surface area contributed by atoms with Gasteiger partial charge in [0.15, 0.2) is 0 Å². The van der Waals surface area contributed by atoms with Crippen LogP contribution < -0.4 is 14.4 Å². The van der Waals surface area contributed by atoms with E-state index >= 15 is 0 Å². The molecule has 2 amide bonds. The molecule has 0 aromatic heterocycles. The number of benzene rings is 3. The summed E-state index contributed by atoms with van der Waals surface area (Å²) >= 11 is 5.94. The molecule has 0 radical (unpaired) electrons. The van der Waals surface area contributed by atoms with E-state index < -0.39 is 28.5 Å². The van der Waals surface area contributed by atoms with Gasteiger partial charge in [-0.05, 0) is 61.0 Å². The Morgan fingerprint density at radius 2 is 1.58 bits per heavy atom. The molecule has 1 N–H and O–H groups in total. The van der Waals surface area contributed by atoms with E-state index in [2.05, 4.69) is 5.32 Å². The first-order chi connectivity index (χ1) is 17.2. The second-order valence-corrected chi connectivity index (χ2v) is 10.3. The number of methoxy groups -OCH3 is 1. The lowest BCUT2D eigenvalue weighted by atomic mass is 10.1. The van der Waals surface area contributed by atoms with Gasteiger partial charge in [0.1, 0.15) is 18.3 Å². The Morgan fingerprint density at radius 3 is 2.14 bits per heavy atom. The number of amides is 2. The van der Waals surface area contributed by atoms with Crippen molar-refractivity contribution >= 4 is 39.1 Å². The summed E-state index contributed by atoms with van der Waals surface area (Å²) in [5, 5.41) is 2.94. The molecule has 3 rings (SSSR count). The van der Waals surface area contributed by atoms with Gasteiger partial charge < -0.3 is 15.0 Å². The van der Waals surface area contributed by atoms with Gasteiger partial charge >= 0.3 is 0 Å². The number of sulfonamides is 1. The number of hydrogen-bond acceptors (Lipinski definition) is 5. The number of likely N-dealkylation sites (N-methyl/N-ethyl adjacent to an activating group) is 1. The van der Waals surface area contributed by atoms with Crippen LogP contribution in [0.25, 0.3) is 0 Å². The smallest absolute Gasteiger partial charge is 0.264 e. The molecule has 190 valence electrons. The lowest BCUT2D eigenvalue weighted by molar-refractivity contribution is -0.139. The maximum atomic E-state index is 13.6. The topological polar surface area (TPSA) is 96.0 Å². The van der Waals surface area contributed by atoms with Crippen molar-refractivity contribution in [3.05, 3.63) is 89.4 Å². The number of carbonyl (C=O) groups is 2. The number of rotatable bonds is 10. The molecule has 3 aromatic carbocycles. The fraction of sp³-hybridized carbons (Fsp3) is 0.231. The van der Waals surface area contributed by atoms with Gasteiger partial charge in [0.2, 0.25) is 11.8 Å². The van der Waals surface area contributed by atoms with Gasteiger partial charge in [0.05, 0.1) is 17.7 Å². The Kier molecular flexibility index (Phi) is 8.95. The van der Waals surface area contributed by atoms with Gasteiger partial charge in [-0.25, -0.2) is 8.42 Å². The number of anilines is 1. The summed E-state index contributed by atoms with van der Waals surface area (Å²) in [5.41, 5.74) is 1.07. The zero-order valence-electron chi connectivity index (χ0n) is 20.2. The number of nitrogens with zero attached hydrogens (tertiary/aromatic N) is 2. The Labute approximate surface area is 216 Å². The zero-order valence-corrected chi connectivity index (χ0v) is 21.8. The van der Waals surface area contributed by atoms with Crippen LogP contribution in [0.15, 0.2) is 83.8 Å². The maximum Gasteiger partial charge on any atom is 0.264 e. The predicted molar refractivity (Wildman–Crippen MR) is 139 cm³/mol. The summed E-state index contributed by atoms with van der Waals surface area (Å²) < 4.78 is 33.4. The first-order valence-corrected chi connectivity index (χ1v) is 13.0. The van der Waals surface area contributed by atoms with Crippen molar-refractivity contribution in [2.24, 2.45) is 0 Å². The predicted octanol–water partition coefficient (Wildman–Crippen LogP) is 3.71. The standard InChI is InChI=1S/C26H28ClN3O5S/c1-19(26(32)28-2)29(17-20-9-13-23(35-3)14-10-20)25(31)18-30(22-7-5-4-6-8-22)36(33,34)24-15-11-21(27)12-16-24/h4-16,19H,17-18H2,1-3H3,(H,28,32)/t19-/m0/s1. The van der Waals surface area contributed by atoms with Crippen LogP contribution in [0.4, 0.5) is 5.69 Å². The van der Waals surface area contributed by atoms with Crippen molar-refractivity contribution in [1.82, 2.24) is 10.2 Å². The highest BCUT2D eigenvalue weighted by Crippen LogP contribution is 2.25. The molecular weight excluding hydrogens is 502 g/mol. The Balaban J connectivity index is 1.98. The minimum Gasteiger partial charge on any atom is -0.497 e. The van der Waals surface area contributed by atoms with Gasteiger partial charge in [-0.2, -0.15) is 0 Å². The summed E-state index contributed by atoms with van der Waals surface area (Å²) in [6, 6.07) is 20.3. The van der Waals surface area contributed by atoms with Crippen molar-refractivity contribution in [1.29, 1.82) is 0 Å². The molecule has 0 unspecified atom stereocenters. The van der Waals surface area contributed by atoms with Crippen LogP contribution >= 0.6 is 11.6 Å². The number of ether oxygens (including phenoxy) is 1. The molecule has 0 aliphatic heterocycles. The molecule has 10 heteroatoms. The average molecular weight is 530 g/mol. The van der Waals surface area contributed by atoms with Crippen molar-refractivity contribution < 1.29 is 22.7 Å². The summed E-state index contributed by atoms with van der Waals surface area (Å²) in [4.78, 5) is 27.5.